The smallest absolute Gasteiger partial charge is 0.117 e. The number of rotatable bonds is 0. The average molecular weight is 170 g/mol. The van der Waals surface area contributed by atoms with Gasteiger partial charge in [-0.25, -0.2) is 0 Å². The summed E-state index contributed by atoms with van der Waals surface area (Å²) >= 11 is 1.62. The minimum Gasteiger partial charge on any atom is -0.143 e. The summed E-state index contributed by atoms with van der Waals surface area (Å²) in [6, 6.07) is 0. The lowest BCUT2D eigenvalue weighted by Gasteiger charge is -1.32. The SMILES string of the molecule is FC#CI. The highest BCUT2D eigenvalue weighted by molar-refractivity contribution is 14.1. The Morgan fingerprint density at radius 1 is 1.75 bits per heavy atom. The van der Waals surface area contributed by atoms with E-state index in [1.54, 1.807) is 22.6 Å². The first-order valence-electron chi connectivity index (χ1n) is 0.628. The molecule has 0 aromatic carbocycles. The van der Waals surface area contributed by atoms with E-state index in [1.807, 2.05) is 3.93 Å². The fourth-order valence-corrected chi connectivity index (χ4v) is 0. The number of hydrogen-bond donors (Lipinski definition) is 0. The molecule has 2 heteroatoms. The average Bonchev–Trinajstić information content (AvgIpc) is 1.37. The molecular weight excluding hydrogens is 170 g/mol. The molecule has 0 unspecified atom stereocenters. The maximum Gasteiger partial charge on any atom is 0.117 e. The Bertz CT molecular complexity index is 42.8. The second kappa shape index (κ2) is 3.22. The maximum absolute atomic E-state index is 10.4. The van der Waals surface area contributed by atoms with Crippen molar-refractivity contribution in [2.75, 3.05) is 0 Å². The van der Waals surface area contributed by atoms with Crippen LogP contribution in [-0.2, 0) is 0 Å². The van der Waals surface area contributed by atoms with Crippen molar-refractivity contribution in [2.45, 2.75) is 0 Å². The summed E-state index contributed by atoms with van der Waals surface area (Å²) in [4.78, 5) is 0. The van der Waals surface area contributed by atoms with E-state index in [9.17, 15) is 4.39 Å². The predicted molar refractivity (Wildman–Crippen MR) is 22.9 cm³/mol. The Labute approximate surface area is 37.5 Å². The molecule has 0 bridgehead atoms. The number of hydrogen-bond acceptors (Lipinski definition) is 0. The molecule has 0 radical (unpaired) electrons. The quantitative estimate of drug-likeness (QED) is 0.379. The molecule has 0 aromatic heterocycles. The molecule has 0 saturated heterocycles. The van der Waals surface area contributed by atoms with Gasteiger partial charge in [0, 0.05) is 26.5 Å². The molecule has 0 aliphatic heterocycles. The van der Waals surface area contributed by atoms with Gasteiger partial charge in [0.25, 0.3) is 0 Å². The first kappa shape index (κ1) is 4.22. The van der Waals surface area contributed by atoms with Crippen molar-refractivity contribution in [3.05, 3.63) is 0 Å². The van der Waals surface area contributed by atoms with E-state index in [4.69, 9.17) is 0 Å². The monoisotopic (exact) mass is 170 g/mol. The van der Waals surface area contributed by atoms with Crippen molar-refractivity contribution in [1.29, 1.82) is 0 Å². The van der Waals surface area contributed by atoms with Crippen LogP contribution in [0.1, 0.15) is 0 Å². The highest BCUT2D eigenvalue weighted by atomic mass is 127. The summed E-state index contributed by atoms with van der Waals surface area (Å²) < 4.78 is 12.3. The van der Waals surface area contributed by atoms with Crippen LogP contribution in [0.2, 0.25) is 0 Å². The molecule has 0 rings (SSSR count). The summed E-state index contributed by atoms with van der Waals surface area (Å²) in [7, 11) is 0. The van der Waals surface area contributed by atoms with Gasteiger partial charge >= 0.3 is 0 Å². The van der Waals surface area contributed by atoms with Crippen molar-refractivity contribution < 1.29 is 4.39 Å². The van der Waals surface area contributed by atoms with Gasteiger partial charge in [0.15, 0.2) is 0 Å². The molecule has 0 N–H and O–H groups in total. The van der Waals surface area contributed by atoms with Crippen LogP contribution >= 0.6 is 22.6 Å². The van der Waals surface area contributed by atoms with Gasteiger partial charge in [0.05, 0.1) is 0 Å². The fourth-order valence-electron chi connectivity index (χ4n) is 0. The van der Waals surface area contributed by atoms with E-state index in [1.165, 1.54) is 6.17 Å². The van der Waals surface area contributed by atoms with E-state index in [0.29, 0.717) is 0 Å². The molecule has 0 aliphatic carbocycles. The lowest BCUT2D eigenvalue weighted by molar-refractivity contribution is 0.775. The largest absolute Gasteiger partial charge is 0.143 e. The molecule has 0 heterocycles. The molecule has 0 atom stereocenters. The second-order valence-corrected chi connectivity index (χ2v) is 0.728. The summed E-state index contributed by atoms with van der Waals surface area (Å²) in [5, 5.41) is 0. The summed E-state index contributed by atoms with van der Waals surface area (Å²) in [5.74, 6) is 0. The van der Waals surface area contributed by atoms with Crippen LogP contribution in [-0.4, -0.2) is 0 Å². The second-order valence-electron chi connectivity index (χ2n) is 0.189. The zero-order valence-corrected chi connectivity index (χ0v) is 3.91. The first-order chi connectivity index (χ1) is 1.91. The molecule has 4 heavy (non-hydrogen) atoms. The standard InChI is InChI=1S/C2FI/c3-1-2-4. The van der Waals surface area contributed by atoms with Crippen LogP contribution in [0.15, 0.2) is 0 Å². The third-order valence-electron chi connectivity index (χ3n) is 0.0357. The van der Waals surface area contributed by atoms with Gasteiger partial charge in [-0.3, -0.25) is 0 Å². The summed E-state index contributed by atoms with van der Waals surface area (Å²) in [6.45, 7) is 0. The van der Waals surface area contributed by atoms with Gasteiger partial charge in [-0.15, -0.1) is 4.39 Å². The van der Waals surface area contributed by atoms with Gasteiger partial charge < -0.3 is 0 Å². The van der Waals surface area contributed by atoms with Crippen LogP contribution in [0.25, 0.3) is 0 Å². The van der Waals surface area contributed by atoms with Crippen molar-refractivity contribution >= 4 is 22.6 Å². The molecule has 0 aromatic rings. The van der Waals surface area contributed by atoms with Crippen LogP contribution in [0, 0.1) is 10.1 Å². The van der Waals surface area contributed by atoms with Gasteiger partial charge in [-0.05, 0) is 0 Å². The molecule has 0 saturated carbocycles. The Kier molecular flexibility index (Phi) is 3.40. The minimum atomic E-state index is 1.17. The normalized spacial score (nSPS) is 3.50. The summed E-state index contributed by atoms with van der Waals surface area (Å²) in [5.41, 5.74) is 0. The highest BCUT2D eigenvalue weighted by Gasteiger charge is 1.35. The van der Waals surface area contributed by atoms with Crippen molar-refractivity contribution in [3.63, 3.8) is 0 Å². The van der Waals surface area contributed by atoms with Crippen LogP contribution < -0.4 is 0 Å². The zero-order chi connectivity index (χ0) is 3.41. The molecular formula is C2FI. The topological polar surface area (TPSA) is 0 Å². The summed E-state index contributed by atoms with van der Waals surface area (Å²) in [6.07, 6.45) is 1.17. The molecule has 0 nitrogen and oxygen atoms in total. The van der Waals surface area contributed by atoms with E-state index in [2.05, 4.69) is 0 Å². The van der Waals surface area contributed by atoms with Crippen molar-refractivity contribution in [3.8, 4) is 10.1 Å². The zero-order valence-electron chi connectivity index (χ0n) is 1.76. The van der Waals surface area contributed by atoms with Crippen molar-refractivity contribution in [2.24, 2.45) is 0 Å². The highest BCUT2D eigenvalue weighted by Crippen LogP contribution is 1.67. The maximum atomic E-state index is 10.4. The van der Waals surface area contributed by atoms with E-state index < -0.39 is 0 Å². The third kappa shape index (κ3) is 2.22. The van der Waals surface area contributed by atoms with E-state index in [-0.39, 0.29) is 0 Å². The van der Waals surface area contributed by atoms with E-state index >= 15 is 0 Å². The molecule has 0 spiro atoms. The Morgan fingerprint density at radius 2 is 2.00 bits per heavy atom. The van der Waals surface area contributed by atoms with Gasteiger partial charge in [0.1, 0.15) is 6.17 Å². The van der Waals surface area contributed by atoms with E-state index in [0.717, 1.165) is 0 Å². The number of halogens is 2. The minimum absolute atomic E-state index is 1.17. The lowest BCUT2D eigenvalue weighted by Crippen LogP contribution is -1.15. The Balaban J connectivity index is 2.83. The first-order valence-corrected chi connectivity index (χ1v) is 1.71. The van der Waals surface area contributed by atoms with Gasteiger partial charge in [0.2, 0.25) is 0 Å². The lowest BCUT2D eigenvalue weighted by atomic mass is 11.4. The fraction of sp³-hybridized carbons (Fsp3) is 0. The molecule has 22 valence electrons. The van der Waals surface area contributed by atoms with Crippen molar-refractivity contribution in [1.82, 2.24) is 0 Å². The molecule has 0 aliphatic rings. The van der Waals surface area contributed by atoms with Gasteiger partial charge in [-0.2, -0.15) is 0 Å². The van der Waals surface area contributed by atoms with Crippen LogP contribution in [0.3, 0.4) is 0 Å². The van der Waals surface area contributed by atoms with Crippen LogP contribution in [0.5, 0.6) is 0 Å². The molecule has 0 amide bonds. The Morgan fingerprint density at radius 3 is 2.00 bits per heavy atom. The van der Waals surface area contributed by atoms with Gasteiger partial charge in [-0.1, -0.05) is 0 Å². The van der Waals surface area contributed by atoms with Crippen LogP contribution in [0.4, 0.5) is 4.39 Å². The Hall–Kier alpha value is 0.220. The molecule has 0 fully saturated rings. The third-order valence-corrected chi connectivity index (χ3v) is 0.240. The predicted octanol–water partition coefficient (Wildman–Crippen LogP) is 1.31.